The van der Waals surface area contributed by atoms with Crippen LogP contribution in [0, 0.1) is 0 Å². The molecule has 1 aromatic carbocycles. The lowest BCUT2D eigenvalue weighted by atomic mass is 10.0. The molecule has 7 nitrogen and oxygen atoms in total. The number of ether oxygens (including phenoxy) is 2. The van der Waals surface area contributed by atoms with Gasteiger partial charge in [0.1, 0.15) is 12.4 Å². The number of carbonyl (C=O) groups is 2. The molecular formula is C15H14N2O5. The number of hydrogen-bond acceptors (Lipinski definition) is 6. The highest BCUT2D eigenvalue weighted by atomic mass is 16.5. The summed E-state index contributed by atoms with van der Waals surface area (Å²) in [6, 6.07) is 6.43. The van der Waals surface area contributed by atoms with Crippen molar-refractivity contribution in [1.82, 2.24) is 9.97 Å². The van der Waals surface area contributed by atoms with Crippen LogP contribution in [0.25, 0.3) is 0 Å². The molecule has 2 rings (SSSR count). The van der Waals surface area contributed by atoms with Gasteiger partial charge in [-0.25, -0.2) is 14.8 Å². The number of hydrogen-bond donors (Lipinski definition) is 1. The van der Waals surface area contributed by atoms with Crippen LogP contribution in [0.4, 0.5) is 0 Å². The third kappa shape index (κ3) is 3.26. The van der Waals surface area contributed by atoms with Crippen LogP contribution in [0.5, 0.6) is 5.75 Å². The quantitative estimate of drug-likeness (QED) is 0.808. The van der Waals surface area contributed by atoms with E-state index in [4.69, 9.17) is 9.47 Å². The number of carboxylic acids is 1. The van der Waals surface area contributed by atoms with Crippen molar-refractivity contribution in [3.8, 4) is 5.75 Å². The zero-order chi connectivity index (χ0) is 16.1. The Morgan fingerprint density at radius 2 is 2.05 bits per heavy atom. The molecule has 0 aliphatic heterocycles. The molecule has 0 amide bonds. The van der Waals surface area contributed by atoms with E-state index >= 15 is 0 Å². The molecule has 2 aromatic rings. The highest BCUT2D eigenvalue weighted by Gasteiger charge is 2.21. The summed E-state index contributed by atoms with van der Waals surface area (Å²) in [4.78, 5) is 31.6. The Morgan fingerprint density at radius 3 is 2.68 bits per heavy atom. The number of nitrogens with zero attached hydrogens (tertiary/aromatic N) is 2. The van der Waals surface area contributed by atoms with Gasteiger partial charge in [-0.2, -0.15) is 0 Å². The fourth-order valence-corrected chi connectivity index (χ4v) is 1.87. The van der Waals surface area contributed by atoms with E-state index in [0.717, 1.165) is 0 Å². The SMILES string of the molecule is COCc1ncc(C(=O)c2cccc(OC)c2)c(C(=O)O)n1. The van der Waals surface area contributed by atoms with Crippen molar-refractivity contribution in [2.24, 2.45) is 0 Å². The van der Waals surface area contributed by atoms with Crippen LogP contribution in [-0.4, -0.2) is 41.0 Å². The average molecular weight is 302 g/mol. The monoisotopic (exact) mass is 302 g/mol. The largest absolute Gasteiger partial charge is 0.497 e. The predicted octanol–water partition coefficient (Wildman–Crippen LogP) is 1.56. The fourth-order valence-electron chi connectivity index (χ4n) is 1.87. The Hall–Kier alpha value is -2.80. The standard InChI is InChI=1S/C15H14N2O5/c1-21-8-12-16-7-11(13(17-12)15(19)20)14(18)9-4-3-5-10(6-9)22-2/h3-7H,8H2,1-2H3,(H,19,20). The van der Waals surface area contributed by atoms with Gasteiger partial charge in [0.05, 0.1) is 12.7 Å². The van der Waals surface area contributed by atoms with Gasteiger partial charge in [-0.05, 0) is 12.1 Å². The summed E-state index contributed by atoms with van der Waals surface area (Å²) in [5, 5.41) is 9.25. The van der Waals surface area contributed by atoms with Crippen LogP contribution in [-0.2, 0) is 11.3 Å². The predicted molar refractivity (Wildman–Crippen MR) is 76.1 cm³/mol. The number of benzene rings is 1. The van der Waals surface area contributed by atoms with E-state index in [-0.39, 0.29) is 23.7 Å². The first-order valence-electron chi connectivity index (χ1n) is 6.33. The number of aromatic nitrogens is 2. The molecule has 1 heterocycles. The van der Waals surface area contributed by atoms with Gasteiger partial charge in [-0.15, -0.1) is 0 Å². The molecule has 114 valence electrons. The molecule has 1 aromatic heterocycles. The number of ketones is 1. The third-order valence-corrected chi connectivity index (χ3v) is 2.89. The van der Waals surface area contributed by atoms with E-state index < -0.39 is 11.8 Å². The molecule has 0 aliphatic carbocycles. The first-order chi connectivity index (χ1) is 10.6. The summed E-state index contributed by atoms with van der Waals surface area (Å²) in [5.74, 6) is -1.09. The molecule has 0 unspecified atom stereocenters. The van der Waals surface area contributed by atoms with Crippen molar-refractivity contribution in [3.05, 3.63) is 53.1 Å². The maximum absolute atomic E-state index is 12.5. The lowest BCUT2D eigenvalue weighted by Crippen LogP contribution is -2.15. The lowest BCUT2D eigenvalue weighted by molar-refractivity contribution is 0.0684. The molecule has 0 spiro atoms. The van der Waals surface area contributed by atoms with Gasteiger partial charge in [0.25, 0.3) is 0 Å². The summed E-state index contributed by atoms with van der Waals surface area (Å²) in [5.41, 5.74) is -0.139. The van der Waals surface area contributed by atoms with E-state index in [2.05, 4.69) is 9.97 Å². The number of carbonyl (C=O) groups excluding carboxylic acids is 1. The van der Waals surface area contributed by atoms with Crippen molar-refractivity contribution < 1.29 is 24.2 Å². The van der Waals surface area contributed by atoms with Crippen molar-refractivity contribution >= 4 is 11.8 Å². The van der Waals surface area contributed by atoms with Crippen LogP contribution in [0.2, 0.25) is 0 Å². The molecule has 7 heteroatoms. The molecule has 0 saturated heterocycles. The maximum Gasteiger partial charge on any atom is 0.355 e. The minimum absolute atomic E-state index is 0.0634. The zero-order valence-corrected chi connectivity index (χ0v) is 12.1. The minimum Gasteiger partial charge on any atom is -0.497 e. The van der Waals surface area contributed by atoms with Gasteiger partial charge < -0.3 is 14.6 Å². The summed E-state index contributed by atoms with van der Waals surface area (Å²) in [6.45, 7) is 0.0634. The highest BCUT2D eigenvalue weighted by molar-refractivity contribution is 6.13. The molecular weight excluding hydrogens is 288 g/mol. The van der Waals surface area contributed by atoms with E-state index in [1.165, 1.54) is 26.5 Å². The van der Waals surface area contributed by atoms with Gasteiger partial charge in [0.15, 0.2) is 17.3 Å². The van der Waals surface area contributed by atoms with Crippen molar-refractivity contribution in [2.75, 3.05) is 14.2 Å². The fraction of sp³-hybridized carbons (Fsp3) is 0.200. The molecule has 0 fully saturated rings. The maximum atomic E-state index is 12.5. The molecule has 0 bridgehead atoms. The lowest BCUT2D eigenvalue weighted by Gasteiger charge is -2.07. The average Bonchev–Trinajstić information content (AvgIpc) is 2.54. The Morgan fingerprint density at radius 1 is 1.27 bits per heavy atom. The molecule has 0 aliphatic rings. The van der Waals surface area contributed by atoms with Crippen molar-refractivity contribution in [3.63, 3.8) is 0 Å². The first-order valence-corrected chi connectivity index (χ1v) is 6.33. The smallest absolute Gasteiger partial charge is 0.355 e. The number of carboxylic acid groups (broad SMARTS) is 1. The number of methoxy groups -OCH3 is 2. The topological polar surface area (TPSA) is 98.6 Å². The Bertz CT molecular complexity index is 715. The van der Waals surface area contributed by atoms with Crippen LogP contribution in [0.3, 0.4) is 0 Å². The summed E-state index contributed by atoms with van der Waals surface area (Å²) in [7, 11) is 2.92. The van der Waals surface area contributed by atoms with E-state index in [1.807, 2.05) is 0 Å². The van der Waals surface area contributed by atoms with Crippen LogP contribution >= 0.6 is 0 Å². The number of aromatic carboxylic acids is 1. The Labute approximate surface area is 126 Å². The second kappa shape index (κ2) is 6.77. The third-order valence-electron chi connectivity index (χ3n) is 2.89. The van der Waals surface area contributed by atoms with Crippen molar-refractivity contribution in [2.45, 2.75) is 6.61 Å². The van der Waals surface area contributed by atoms with Crippen LogP contribution in [0.1, 0.15) is 32.2 Å². The van der Waals surface area contributed by atoms with Gasteiger partial charge >= 0.3 is 5.97 Å². The molecule has 22 heavy (non-hydrogen) atoms. The Kier molecular flexibility index (Phi) is 4.80. The molecule has 0 saturated carbocycles. The van der Waals surface area contributed by atoms with Gasteiger partial charge in [0.2, 0.25) is 0 Å². The first kappa shape index (κ1) is 15.6. The van der Waals surface area contributed by atoms with E-state index in [9.17, 15) is 14.7 Å². The summed E-state index contributed by atoms with van der Waals surface area (Å²) >= 11 is 0. The molecule has 0 atom stereocenters. The van der Waals surface area contributed by atoms with Gasteiger partial charge in [-0.3, -0.25) is 4.79 Å². The Balaban J connectivity index is 2.46. The highest BCUT2D eigenvalue weighted by Crippen LogP contribution is 2.18. The van der Waals surface area contributed by atoms with E-state index in [0.29, 0.717) is 11.3 Å². The van der Waals surface area contributed by atoms with Gasteiger partial charge in [-0.1, -0.05) is 12.1 Å². The normalized spacial score (nSPS) is 10.3. The zero-order valence-electron chi connectivity index (χ0n) is 12.1. The number of rotatable bonds is 6. The van der Waals surface area contributed by atoms with Crippen LogP contribution in [0.15, 0.2) is 30.5 Å². The molecule has 0 radical (unpaired) electrons. The van der Waals surface area contributed by atoms with Crippen molar-refractivity contribution in [1.29, 1.82) is 0 Å². The van der Waals surface area contributed by atoms with E-state index in [1.54, 1.807) is 18.2 Å². The molecule has 1 N–H and O–H groups in total. The minimum atomic E-state index is -1.30. The van der Waals surface area contributed by atoms with Gasteiger partial charge in [0, 0.05) is 18.9 Å². The summed E-state index contributed by atoms with van der Waals surface area (Å²) < 4.78 is 9.91. The second-order valence-electron chi connectivity index (χ2n) is 4.35. The van der Waals surface area contributed by atoms with Crippen LogP contribution < -0.4 is 4.74 Å². The second-order valence-corrected chi connectivity index (χ2v) is 4.35. The summed E-state index contributed by atoms with van der Waals surface area (Å²) in [6.07, 6.45) is 1.20.